The number of carbonyl (C=O) groups is 2. The van der Waals surface area contributed by atoms with Gasteiger partial charge < -0.3 is 13.9 Å². The van der Waals surface area contributed by atoms with Crippen molar-refractivity contribution in [1.82, 2.24) is 19.7 Å². The molecule has 4 aromatic rings. The van der Waals surface area contributed by atoms with Crippen molar-refractivity contribution in [2.75, 3.05) is 6.61 Å². The highest BCUT2D eigenvalue weighted by Crippen LogP contribution is 2.32. The largest absolute Gasteiger partial charge is 0.461 e. The molecule has 9 heteroatoms. The van der Waals surface area contributed by atoms with Crippen LogP contribution in [0.25, 0.3) is 33.7 Å². The SMILES string of the molecule is CCOC(=O)c1cc(-c2nc3cc(-c4c(C)nn(C(=O)OC(C)(C)C)c4C)ccc3o2)ccn1. The molecule has 3 aromatic heterocycles. The number of ether oxygens (including phenoxy) is 2. The van der Waals surface area contributed by atoms with Crippen LogP contribution in [0.2, 0.25) is 0 Å². The topological polar surface area (TPSA) is 109 Å². The van der Waals surface area contributed by atoms with Crippen LogP contribution in [0.5, 0.6) is 0 Å². The lowest BCUT2D eigenvalue weighted by molar-refractivity contribution is 0.0504. The van der Waals surface area contributed by atoms with Gasteiger partial charge >= 0.3 is 12.1 Å². The van der Waals surface area contributed by atoms with Gasteiger partial charge in [-0.15, -0.1) is 0 Å². The van der Waals surface area contributed by atoms with Crippen molar-refractivity contribution in [3.05, 3.63) is 53.6 Å². The number of hydrogen-bond donors (Lipinski definition) is 0. The Morgan fingerprint density at radius 3 is 2.56 bits per heavy atom. The van der Waals surface area contributed by atoms with E-state index in [0.29, 0.717) is 33.9 Å². The molecule has 0 aliphatic rings. The minimum Gasteiger partial charge on any atom is -0.461 e. The molecule has 0 amide bonds. The summed E-state index contributed by atoms with van der Waals surface area (Å²) in [6.45, 7) is 11.1. The van der Waals surface area contributed by atoms with Crippen molar-refractivity contribution in [3.63, 3.8) is 0 Å². The number of rotatable bonds is 4. The number of nitrogens with zero attached hydrogens (tertiary/aromatic N) is 4. The molecule has 0 atom stereocenters. The summed E-state index contributed by atoms with van der Waals surface area (Å²) in [6, 6.07) is 8.89. The second-order valence-corrected chi connectivity index (χ2v) is 8.79. The number of esters is 1. The minimum atomic E-state index is -0.625. The van der Waals surface area contributed by atoms with Gasteiger partial charge in [0, 0.05) is 17.3 Å². The summed E-state index contributed by atoms with van der Waals surface area (Å²) in [4.78, 5) is 33.3. The lowest BCUT2D eigenvalue weighted by atomic mass is 10.0. The molecule has 0 saturated heterocycles. The van der Waals surface area contributed by atoms with Crippen LogP contribution in [-0.2, 0) is 9.47 Å². The van der Waals surface area contributed by atoms with Crippen LogP contribution < -0.4 is 0 Å². The standard InChI is InChI=1S/C25H26N4O5/c1-7-32-23(30)19-13-17(10-11-26-19)22-27-18-12-16(8-9-20(18)33-22)21-14(2)28-29(15(21)3)24(31)34-25(4,5)6/h8-13H,7H2,1-6H3. The van der Waals surface area contributed by atoms with Gasteiger partial charge in [-0.05, 0) is 71.4 Å². The molecular weight excluding hydrogens is 436 g/mol. The zero-order valence-corrected chi connectivity index (χ0v) is 20.0. The third-order valence-corrected chi connectivity index (χ3v) is 5.03. The fourth-order valence-electron chi connectivity index (χ4n) is 3.63. The number of hydrogen-bond acceptors (Lipinski definition) is 8. The minimum absolute atomic E-state index is 0.183. The van der Waals surface area contributed by atoms with Crippen LogP contribution in [0, 0.1) is 13.8 Å². The molecular formula is C25H26N4O5. The first-order valence-corrected chi connectivity index (χ1v) is 10.9. The molecule has 0 N–H and O–H groups in total. The third-order valence-electron chi connectivity index (χ3n) is 5.03. The van der Waals surface area contributed by atoms with Crippen molar-refractivity contribution < 1.29 is 23.5 Å². The molecule has 1 aromatic carbocycles. The maximum absolute atomic E-state index is 12.6. The first kappa shape index (κ1) is 23.2. The van der Waals surface area contributed by atoms with Gasteiger partial charge in [0.1, 0.15) is 16.8 Å². The van der Waals surface area contributed by atoms with E-state index in [2.05, 4.69) is 15.1 Å². The van der Waals surface area contributed by atoms with Crippen LogP contribution in [-0.4, -0.2) is 44.0 Å². The smallest absolute Gasteiger partial charge is 0.435 e. The number of benzene rings is 1. The normalized spacial score (nSPS) is 11.6. The van der Waals surface area contributed by atoms with E-state index in [1.807, 2.05) is 52.8 Å². The Balaban J connectivity index is 1.70. The summed E-state index contributed by atoms with van der Waals surface area (Å²) in [5.74, 6) is -0.145. The lowest BCUT2D eigenvalue weighted by Crippen LogP contribution is -2.28. The van der Waals surface area contributed by atoms with E-state index < -0.39 is 17.7 Å². The van der Waals surface area contributed by atoms with E-state index >= 15 is 0 Å². The van der Waals surface area contributed by atoms with E-state index in [9.17, 15) is 9.59 Å². The molecule has 0 spiro atoms. The fourth-order valence-corrected chi connectivity index (χ4v) is 3.63. The van der Waals surface area contributed by atoms with Gasteiger partial charge in [0.2, 0.25) is 5.89 Å². The fraction of sp³-hybridized carbons (Fsp3) is 0.320. The third kappa shape index (κ3) is 4.54. The monoisotopic (exact) mass is 462 g/mol. The van der Waals surface area contributed by atoms with Gasteiger partial charge in [-0.2, -0.15) is 9.78 Å². The predicted molar refractivity (Wildman–Crippen MR) is 126 cm³/mol. The van der Waals surface area contributed by atoms with E-state index in [4.69, 9.17) is 13.9 Å². The first-order valence-electron chi connectivity index (χ1n) is 10.9. The van der Waals surface area contributed by atoms with Gasteiger partial charge in [0.15, 0.2) is 5.58 Å². The Bertz CT molecular complexity index is 1390. The second-order valence-electron chi connectivity index (χ2n) is 8.79. The van der Waals surface area contributed by atoms with Gasteiger partial charge in [-0.3, -0.25) is 0 Å². The number of aromatic nitrogens is 4. The Kier molecular flexibility index (Phi) is 5.95. The van der Waals surface area contributed by atoms with Crippen LogP contribution in [0.4, 0.5) is 4.79 Å². The molecule has 3 heterocycles. The van der Waals surface area contributed by atoms with E-state index in [1.165, 1.54) is 10.9 Å². The van der Waals surface area contributed by atoms with Crippen molar-refractivity contribution in [3.8, 4) is 22.6 Å². The van der Waals surface area contributed by atoms with Crippen molar-refractivity contribution in [1.29, 1.82) is 0 Å². The van der Waals surface area contributed by atoms with E-state index in [-0.39, 0.29) is 12.3 Å². The zero-order chi connectivity index (χ0) is 24.6. The van der Waals surface area contributed by atoms with Crippen LogP contribution in [0.3, 0.4) is 0 Å². The van der Waals surface area contributed by atoms with E-state index in [0.717, 1.165) is 11.1 Å². The van der Waals surface area contributed by atoms with Gasteiger partial charge in [-0.1, -0.05) is 6.07 Å². The molecule has 9 nitrogen and oxygen atoms in total. The highest BCUT2D eigenvalue weighted by molar-refractivity contribution is 5.89. The molecule has 0 radical (unpaired) electrons. The Hall–Kier alpha value is -4.01. The van der Waals surface area contributed by atoms with Crippen LogP contribution >= 0.6 is 0 Å². The molecule has 0 unspecified atom stereocenters. The zero-order valence-electron chi connectivity index (χ0n) is 20.0. The second kappa shape index (κ2) is 8.74. The molecule has 176 valence electrons. The lowest BCUT2D eigenvalue weighted by Gasteiger charge is -2.19. The highest BCUT2D eigenvalue weighted by atomic mass is 16.6. The van der Waals surface area contributed by atoms with E-state index in [1.54, 1.807) is 19.1 Å². The number of oxazole rings is 1. The molecule has 34 heavy (non-hydrogen) atoms. The van der Waals surface area contributed by atoms with Crippen molar-refractivity contribution in [2.24, 2.45) is 0 Å². The van der Waals surface area contributed by atoms with Crippen molar-refractivity contribution >= 4 is 23.2 Å². The predicted octanol–water partition coefficient (Wildman–Crippen LogP) is 5.33. The molecule has 0 bridgehead atoms. The van der Waals surface area contributed by atoms with Gasteiger partial charge in [-0.25, -0.2) is 19.6 Å². The number of aryl methyl sites for hydroxylation is 1. The summed E-state index contributed by atoms with van der Waals surface area (Å²) >= 11 is 0. The Morgan fingerprint density at radius 2 is 1.85 bits per heavy atom. The van der Waals surface area contributed by atoms with Gasteiger partial charge in [0.25, 0.3) is 0 Å². The maximum Gasteiger partial charge on any atom is 0.435 e. The number of pyridine rings is 1. The van der Waals surface area contributed by atoms with Crippen LogP contribution in [0.1, 0.15) is 49.6 Å². The van der Waals surface area contributed by atoms with Crippen LogP contribution in [0.15, 0.2) is 40.9 Å². The summed E-state index contributed by atoms with van der Waals surface area (Å²) in [6.07, 6.45) is 0.985. The maximum atomic E-state index is 12.6. The number of fused-ring (bicyclic) bond motifs is 1. The Morgan fingerprint density at radius 1 is 1.09 bits per heavy atom. The number of carbonyl (C=O) groups excluding carboxylic acids is 2. The average molecular weight is 463 g/mol. The molecule has 0 aliphatic heterocycles. The summed E-state index contributed by atoms with van der Waals surface area (Å²) in [7, 11) is 0. The highest BCUT2D eigenvalue weighted by Gasteiger charge is 2.23. The van der Waals surface area contributed by atoms with Gasteiger partial charge in [0.05, 0.1) is 18.0 Å². The summed E-state index contributed by atoms with van der Waals surface area (Å²) in [5, 5.41) is 4.39. The first-order chi connectivity index (χ1) is 16.1. The molecule has 4 rings (SSSR count). The molecule has 0 fully saturated rings. The summed E-state index contributed by atoms with van der Waals surface area (Å²) in [5.41, 5.74) is 4.42. The quantitative estimate of drug-likeness (QED) is 0.374. The average Bonchev–Trinajstić information content (AvgIpc) is 3.32. The molecule has 0 aliphatic carbocycles. The summed E-state index contributed by atoms with van der Waals surface area (Å²) < 4.78 is 17.7. The Labute approximate surface area is 196 Å². The molecule has 0 saturated carbocycles. The van der Waals surface area contributed by atoms with Crippen molar-refractivity contribution in [2.45, 2.75) is 47.1 Å².